The highest BCUT2D eigenvalue weighted by atomic mass is 16.5. The number of rotatable bonds is 8. The van der Waals surface area contributed by atoms with E-state index < -0.39 is 6.03 Å². The normalized spacial score (nSPS) is 17.8. The molecule has 1 unspecified atom stereocenters. The van der Waals surface area contributed by atoms with Gasteiger partial charge in [0.15, 0.2) is 0 Å². The van der Waals surface area contributed by atoms with Crippen LogP contribution >= 0.6 is 0 Å². The SMILES string of the molecule is CCOc1ccc(CN2CCN(C(=O)CNC(N)=O)CC2CCO)cc1. The molecule has 0 spiro atoms. The Hall–Kier alpha value is -2.32. The predicted molar refractivity (Wildman–Crippen MR) is 97.7 cm³/mol. The molecule has 4 N–H and O–H groups in total. The van der Waals surface area contributed by atoms with Crippen molar-refractivity contribution < 1.29 is 19.4 Å². The van der Waals surface area contributed by atoms with Crippen LogP contribution in [0.5, 0.6) is 5.75 Å². The maximum absolute atomic E-state index is 12.2. The highest BCUT2D eigenvalue weighted by Gasteiger charge is 2.29. The lowest BCUT2D eigenvalue weighted by Gasteiger charge is -2.41. The average Bonchev–Trinajstić information content (AvgIpc) is 2.63. The van der Waals surface area contributed by atoms with E-state index >= 15 is 0 Å². The number of aliphatic hydroxyl groups is 1. The van der Waals surface area contributed by atoms with Crippen molar-refractivity contribution in [1.82, 2.24) is 15.1 Å². The molecule has 1 aromatic rings. The van der Waals surface area contributed by atoms with E-state index in [0.717, 1.165) is 17.9 Å². The molecule has 1 fully saturated rings. The average molecular weight is 364 g/mol. The number of urea groups is 1. The molecule has 1 aliphatic rings. The minimum atomic E-state index is -0.709. The first-order valence-electron chi connectivity index (χ1n) is 8.91. The summed E-state index contributed by atoms with van der Waals surface area (Å²) in [5.74, 6) is 0.688. The number of amides is 3. The third-order valence-corrected chi connectivity index (χ3v) is 4.45. The molecule has 0 bridgehead atoms. The van der Waals surface area contributed by atoms with Gasteiger partial charge >= 0.3 is 6.03 Å². The van der Waals surface area contributed by atoms with Gasteiger partial charge in [0, 0.05) is 38.8 Å². The fourth-order valence-corrected chi connectivity index (χ4v) is 3.12. The summed E-state index contributed by atoms with van der Waals surface area (Å²) in [6.45, 7) is 5.12. The van der Waals surface area contributed by atoms with Crippen molar-refractivity contribution in [2.75, 3.05) is 39.4 Å². The molecular weight excluding hydrogens is 336 g/mol. The molecule has 3 amide bonds. The van der Waals surface area contributed by atoms with Gasteiger partial charge in [0.25, 0.3) is 0 Å². The van der Waals surface area contributed by atoms with Gasteiger partial charge in [-0.2, -0.15) is 0 Å². The molecule has 2 rings (SSSR count). The second-order valence-corrected chi connectivity index (χ2v) is 6.27. The second-order valence-electron chi connectivity index (χ2n) is 6.27. The zero-order valence-corrected chi connectivity index (χ0v) is 15.2. The number of ether oxygens (including phenoxy) is 1. The number of nitrogens with two attached hydrogens (primary N) is 1. The lowest BCUT2D eigenvalue weighted by Crippen LogP contribution is -2.56. The summed E-state index contributed by atoms with van der Waals surface area (Å²) in [7, 11) is 0. The molecule has 8 nitrogen and oxygen atoms in total. The van der Waals surface area contributed by atoms with Gasteiger partial charge in [0.2, 0.25) is 5.91 Å². The zero-order valence-electron chi connectivity index (χ0n) is 15.2. The standard InChI is InChI=1S/C18H28N4O4/c1-2-26-16-5-3-14(4-6-16)12-21-8-9-22(13-15(21)7-10-23)17(24)11-20-18(19)25/h3-6,15,23H,2,7-13H2,1H3,(H3,19,20,25). The van der Waals surface area contributed by atoms with Crippen LogP contribution in [-0.2, 0) is 11.3 Å². The van der Waals surface area contributed by atoms with E-state index in [2.05, 4.69) is 10.2 Å². The Morgan fingerprint density at radius 2 is 2.04 bits per heavy atom. The second kappa shape index (κ2) is 9.98. The van der Waals surface area contributed by atoms with E-state index in [1.54, 1.807) is 4.90 Å². The van der Waals surface area contributed by atoms with Gasteiger partial charge < -0.3 is 25.8 Å². The van der Waals surface area contributed by atoms with E-state index in [1.165, 1.54) is 0 Å². The summed E-state index contributed by atoms with van der Waals surface area (Å²) in [5.41, 5.74) is 6.17. The van der Waals surface area contributed by atoms with Crippen LogP contribution in [0.4, 0.5) is 4.79 Å². The number of benzene rings is 1. The van der Waals surface area contributed by atoms with E-state index in [-0.39, 0.29) is 25.1 Å². The lowest BCUT2D eigenvalue weighted by molar-refractivity contribution is -0.133. The topological polar surface area (TPSA) is 108 Å². The van der Waals surface area contributed by atoms with Crippen LogP contribution < -0.4 is 15.8 Å². The Morgan fingerprint density at radius 1 is 1.31 bits per heavy atom. The van der Waals surface area contributed by atoms with Crippen LogP contribution in [0.15, 0.2) is 24.3 Å². The molecule has 0 saturated carbocycles. The highest BCUT2D eigenvalue weighted by molar-refractivity contribution is 5.83. The fourth-order valence-electron chi connectivity index (χ4n) is 3.12. The summed E-state index contributed by atoms with van der Waals surface area (Å²) in [4.78, 5) is 26.9. The smallest absolute Gasteiger partial charge is 0.312 e. The zero-order chi connectivity index (χ0) is 18.9. The van der Waals surface area contributed by atoms with Gasteiger partial charge in [-0.1, -0.05) is 12.1 Å². The molecule has 0 aromatic heterocycles. The fraction of sp³-hybridized carbons (Fsp3) is 0.556. The number of carbonyl (C=O) groups excluding carboxylic acids is 2. The Morgan fingerprint density at radius 3 is 2.65 bits per heavy atom. The Balaban J connectivity index is 1.94. The summed E-state index contributed by atoms with van der Waals surface area (Å²) in [6.07, 6.45) is 0.587. The van der Waals surface area contributed by atoms with Crippen LogP contribution in [0.3, 0.4) is 0 Å². The molecule has 1 aliphatic heterocycles. The first-order chi connectivity index (χ1) is 12.5. The van der Waals surface area contributed by atoms with Gasteiger partial charge in [0.1, 0.15) is 5.75 Å². The molecule has 26 heavy (non-hydrogen) atoms. The van der Waals surface area contributed by atoms with Gasteiger partial charge in [-0.15, -0.1) is 0 Å². The van der Waals surface area contributed by atoms with Crippen molar-refractivity contribution in [3.8, 4) is 5.75 Å². The van der Waals surface area contributed by atoms with E-state index in [0.29, 0.717) is 32.7 Å². The number of primary amides is 1. The minimum absolute atomic E-state index is 0.0615. The third-order valence-electron chi connectivity index (χ3n) is 4.45. The number of hydrogen-bond donors (Lipinski definition) is 3. The maximum atomic E-state index is 12.2. The summed E-state index contributed by atoms with van der Waals surface area (Å²) < 4.78 is 5.46. The van der Waals surface area contributed by atoms with Crippen LogP contribution in [-0.4, -0.2) is 72.3 Å². The van der Waals surface area contributed by atoms with Gasteiger partial charge in [-0.3, -0.25) is 9.69 Å². The van der Waals surface area contributed by atoms with Crippen molar-refractivity contribution >= 4 is 11.9 Å². The van der Waals surface area contributed by atoms with Crippen molar-refractivity contribution in [3.63, 3.8) is 0 Å². The van der Waals surface area contributed by atoms with Crippen LogP contribution in [0.2, 0.25) is 0 Å². The number of aliphatic hydroxyl groups excluding tert-OH is 1. The van der Waals surface area contributed by atoms with Crippen LogP contribution in [0.1, 0.15) is 18.9 Å². The molecular formula is C18H28N4O4. The summed E-state index contributed by atoms with van der Waals surface area (Å²) in [6, 6.07) is 7.34. The number of nitrogens with one attached hydrogen (secondary N) is 1. The highest BCUT2D eigenvalue weighted by Crippen LogP contribution is 2.19. The molecule has 1 heterocycles. The number of carbonyl (C=O) groups is 2. The lowest BCUT2D eigenvalue weighted by atomic mass is 10.1. The molecule has 1 atom stereocenters. The molecule has 0 aliphatic carbocycles. The van der Waals surface area contributed by atoms with Crippen LogP contribution in [0.25, 0.3) is 0 Å². The quantitative estimate of drug-likeness (QED) is 0.608. The van der Waals surface area contributed by atoms with E-state index in [1.807, 2.05) is 31.2 Å². The third kappa shape index (κ3) is 5.89. The summed E-state index contributed by atoms with van der Waals surface area (Å²) in [5, 5.41) is 11.7. The van der Waals surface area contributed by atoms with Gasteiger partial charge in [-0.25, -0.2) is 4.79 Å². The van der Waals surface area contributed by atoms with Gasteiger partial charge in [-0.05, 0) is 31.0 Å². The molecule has 144 valence electrons. The van der Waals surface area contributed by atoms with Crippen LogP contribution in [0, 0.1) is 0 Å². The Labute approximate surface area is 153 Å². The number of piperazine rings is 1. The molecule has 1 aromatic carbocycles. The van der Waals surface area contributed by atoms with Crippen molar-refractivity contribution in [2.24, 2.45) is 5.73 Å². The number of nitrogens with zero attached hydrogens (tertiary/aromatic N) is 2. The first-order valence-corrected chi connectivity index (χ1v) is 8.91. The van der Waals surface area contributed by atoms with Gasteiger partial charge in [0.05, 0.1) is 13.2 Å². The first kappa shape index (κ1) is 20.0. The van der Waals surface area contributed by atoms with E-state index in [9.17, 15) is 14.7 Å². The Bertz CT molecular complexity index is 593. The molecule has 1 saturated heterocycles. The maximum Gasteiger partial charge on any atom is 0.312 e. The molecule has 0 radical (unpaired) electrons. The van der Waals surface area contributed by atoms with Crippen molar-refractivity contribution in [2.45, 2.75) is 25.9 Å². The predicted octanol–water partition coefficient (Wildman–Crippen LogP) is 0.149. The van der Waals surface area contributed by atoms with Crippen molar-refractivity contribution in [1.29, 1.82) is 0 Å². The monoisotopic (exact) mass is 364 g/mol. The number of hydrogen-bond acceptors (Lipinski definition) is 5. The largest absolute Gasteiger partial charge is 0.494 e. The Kier molecular flexibility index (Phi) is 7.68. The van der Waals surface area contributed by atoms with E-state index in [4.69, 9.17) is 10.5 Å². The minimum Gasteiger partial charge on any atom is -0.494 e. The molecule has 8 heteroatoms. The van der Waals surface area contributed by atoms with Crippen molar-refractivity contribution in [3.05, 3.63) is 29.8 Å². The summed E-state index contributed by atoms with van der Waals surface area (Å²) >= 11 is 0.